The zero-order valence-corrected chi connectivity index (χ0v) is 22.0. The molecule has 1 N–H and O–H groups in total. The first-order valence-corrected chi connectivity index (χ1v) is 12.8. The zero-order valence-electron chi connectivity index (χ0n) is 22.0. The number of nitrogens with zero attached hydrogens (tertiary/aromatic N) is 3. The number of benzene rings is 4. The van der Waals surface area contributed by atoms with E-state index >= 15 is 0 Å². The van der Waals surface area contributed by atoms with E-state index in [0.717, 1.165) is 27.9 Å². The first kappa shape index (κ1) is 25.9. The summed E-state index contributed by atoms with van der Waals surface area (Å²) in [6, 6.07) is 35.5. The van der Waals surface area contributed by atoms with Gasteiger partial charge in [-0.15, -0.1) is 5.10 Å². The average Bonchev–Trinajstić information content (AvgIpc) is 3.39. The molecule has 1 aromatic heterocycles. The Bertz CT molecular complexity index is 1460. The number of ether oxygens (including phenoxy) is 2. The number of hydrogen-bond donors (Lipinski definition) is 1. The van der Waals surface area contributed by atoms with Crippen molar-refractivity contribution in [3.63, 3.8) is 0 Å². The highest BCUT2D eigenvalue weighted by atomic mass is 16.5. The summed E-state index contributed by atoms with van der Waals surface area (Å²) in [5.41, 5.74) is 5.43. The van der Waals surface area contributed by atoms with E-state index in [0.29, 0.717) is 24.7 Å². The van der Waals surface area contributed by atoms with Crippen LogP contribution in [0.5, 0.6) is 6.01 Å². The van der Waals surface area contributed by atoms with Crippen LogP contribution >= 0.6 is 0 Å². The largest absolute Gasteiger partial charge is 0.460 e. The molecular weight excluding hydrogens is 488 g/mol. The monoisotopic (exact) mass is 518 g/mol. The van der Waals surface area contributed by atoms with Gasteiger partial charge in [-0.05, 0) is 42.3 Å². The summed E-state index contributed by atoms with van der Waals surface area (Å²) in [6.45, 7) is 2.83. The number of rotatable bonds is 10. The molecule has 0 aliphatic carbocycles. The lowest BCUT2D eigenvalue weighted by atomic mass is 9.90. The Hall–Kier alpha value is -4.75. The average molecular weight is 519 g/mol. The predicted octanol–water partition coefficient (Wildman–Crippen LogP) is 6.04. The summed E-state index contributed by atoms with van der Waals surface area (Å²) in [7, 11) is 1.62. The molecule has 7 nitrogen and oxygen atoms in total. The molecule has 5 aromatic rings. The molecule has 4 aromatic carbocycles. The lowest BCUT2D eigenvalue weighted by Gasteiger charge is -2.18. The molecule has 0 unspecified atom stereocenters. The van der Waals surface area contributed by atoms with E-state index < -0.39 is 5.92 Å². The van der Waals surface area contributed by atoms with Crippen molar-refractivity contribution in [3.8, 4) is 23.1 Å². The minimum atomic E-state index is -0.428. The molecule has 0 radical (unpaired) electrons. The number of amides is 1. The van der Waals surface area contributed by atoms with Crippen LogP contribution < -0.4 is 10.1 Å². The van der Waals surface area contributed by atoms with E-state index in [1.165, 1.54) is 0 Å². The third-order valence-corrected chi connectivity index (χ3v) is 6.32. The van der Waals surface area contributed by atoms with Crippen molar-refractivity contribution in [2.75, 3.05) is 25.6 Å². The predicted molar refractivity (Wildman–Crippen MR) is 152 cm³/mol. The normalized spacial score (nSPS) is 10.9. The van der Waals surface area contributed by atoms with Gasteiger partial charge < -0.3 is 14.8 Å². The lowest BCUT2D eigenvalue weighted by Crippen LogP contribution is -2.22. The number of methoxy groups -OCH3 is 1. The minimum Gasteiger partial charge on any atom is -0.460 e. The van der Waals surface area contributed by atoms with Crippen LogP contribution in [0.15, 0.2) is 109 Å². The molecule has 0 fully saturated rings. The molecule has 7 heteroatoms. The van der Waals surface area contributed by atoms with Crippen LogP contribution in [0.3, 0.4) is 0 Å². The maximum atomic E-state index is 13.5. The van der Waals surface area contributed by atoms with E-state index in [2.05, 4.69) is 15.4 Å². The highest BCUT2D eigenvalue weighted by Gasteiger charge is 2.23. The quantitative estimate of drug-likeness (QED) is 0.228. The van der Waals surface area contributed by atoms with Gasteiger partial charge in [0, 0.05) is 18.4 Å². The molecule has 39 heavy (non-hydrogen) atoms. The molecule has 0 bridgehead atoms. The molecule has 0 atom stereocenters. The fraction of sp³-hybridized carbons (Fsp3) is 0.156. The zero-order chi connectivity index (χ0) is 27.0. The van der Waals surface area contributed by atoms with E-state index in [1.807, 2.05) is 116 Å². The summed E-state index contributed by atoms with van der Waals surface area (Å²) in [5, 5.41) is 7.68. The second-order valence-corrected chi connectivity index (χ2v) is 9.13. The maximum Gasteiger partial charge on any atom is 0.336 e. The fourth-order valence-corrected chi connectivity index (χ4v) is 4.33. The van der Waals surface area contributed by atoms with Crippen molar-refractivity contribution < 1.29 is 14.3 Å². The van der Waals surface area contributed by atoms with Crippen LogP contribution in [0.25, 0.3) is 17.1 Å². The summed E-state index contributed by atoms with van der Waals surface area (Å²) >= 11 is 0. The topological polar surface area (TPSA) is 78.3 Å². The van der Waals surface area contributed by atoms with Crippen molar-refractivity contribution >= 4 is 11.6 Å². The van der Waals surface area contributed by atoms with Gasteiger partial charge in [0.05, 0.1) is 18.2 Å². The summed E-state index contributed by atoms with van der Waals surface area (Å²) in [5.74, 6) is 0.129. The number of hydrogen-bond acceptors (Lipinski definition) is 5. The molecule has 5 rings (SSSR count). The standard InChI is InChI=1S/C32H30N4O3/c1-23-13-15-26(16-14-23)30-34-32(39-22-21-38-2)35-36(30)28-19-17-27(18-20-28)33-31(37)29(24-9-5-3-6-10-24)25-11-7-4-8-12-25/h3-20,29H,21-22H2,1-2H3,(H,33,37). The van der Waals surface area contributed by atoms with Crippen LogP contribution in [0.2, 0.25) is 0 Å². The van der Waals surface area contributed by atoms with E-state index in [4.69, 9.17) is 9.47 Å². The lowest BCUT2D eigenvalue weighted by molar-refractivity contribution is -0.116. The Balaban J connectivity index is 1.41. The summed E-state index contributed by atoms with van der Waals surface area (Å²) in [6.07, 6.45) is 0. The van der Waals surface area contributed by atoms with Crippen molar-refractivity contribution in [3.05, 3.63) is 126 Å². The SMILES string of the molecule is COCCOc1nc(-c2ccc(C)cc2)n(-c2ccc(NC(=O)C(c3ccccc3)c3ccccc3)cc2)n1. The van der Waals surface area contributed by atoms with Gasteiger partial charge in [-0.25, -0.2) is 4.68 Å². The fourth-order valence-electron chi connectivity index (χ4n) is 4.33. The van der Waals surface area contributed by atoms with Crippen LogP contribution in [-0.4, -0.2) is 41.0 Å². The summed E-state index contributed by atoms with van der Waals surface area (Å²) in [4.78, 5) is 18.1. The molecule has 0 saturated carbocycles. The van der Waals surface area contributed by atoms with E-state index in [1.54, 1.807) is 11.8 Å². The first-order chi connectivity index (χ1) is 19.1. The third-order valence-electron chi connectivity index (χ3n) is 6.32. The van der Waals surface area contributed by atoms with Gasteiger partial charge in [0.1, 0.15) is 6.61 Å². The third kappa shape index (κ3) is 6.22. The van der Waals surface area contributed by atoms with Gasteiger partial charge in [-0.1, -0.05) is 90.5 Å². The molecule has 1 heterocycles. The van der Waals surface area contributed by atoms with Gasteiger partial charge in [-0.3, -0.25) is 4.79 Å². The number of carbonyl (C=O) groups excluding carboxylic acids is 1. The van der Waals surface area contributed by atoms with Crippen molar-refractivity contribution in [1.29, 1.82) is 0 Å². The highest BCUT2D eigenvalue weighted by Crippen LogP contribution is 2.28. The van der Waals surface area contributed by atoms with E-state index in [-0.39, 0.29) is 11.9 Å². The Morgan fingerprint density at radius 3 is 2.03 bits per heavy atom. The maximum absolute atomic E-state index is 13.5. The van der Waals surface area contributed by atoms with Gasteiger partial charge in [0.2, 0.25) is 5.91 Å². The van der Waals surface area contributed by atoms with Crippen molar-refractivity contribution in [2.24, 2.45) is 0 Å². The molecule has 1 amide bonds. The van der Waals surface area contributed by atoms with Crippen LogP contribution in [0.4, 0.5) is 5.69 Å². The van der Waals surface area contributed by atoms with Gasteiger partial charge >= 0.3 is 6.01 Å². The Morgan fingerprint density at radius 1 is 0.821 bits per heavy atom. The Labute approximate surface area is 228 Å². The van der Waals surface area contributed by atoms with Crippen LogP contribution in [0, 0.1) is 6.92 Å². The molecule has 0 aliphatic heterocycles. The second-order valence-electron chi connectivity index (χ2n) is 9.13. The number of aromatic nitrogens is 3. The molecule has 0 aliphatic rings. The molecule has 196 valence electrons. The van der Waals surface area contributed by atoms with Gasteiger partial charge in [0.15, 0.2) is 5.82 Å². The summed E-state index contributed by atoms with van der Waals surface area (Å²) < 4.78 is 12.5. The highest BCUT2D eigenvalue weighted by molar-refractivity contribution is 5.98. The van der Waals surface area contributed by atoms with E-state index in [9.17, 15) is 4.79 Å². The van der Waals surface area contributed by atoms with Crippen LogP contribution in [0.1, 0.15) is 22.6 Å². The van der Waals surface area contributed by atoms with Crippen molar-refractivity contribution in [2.45, 2.75) is 12.8 Å². The Morgan fingerprint density at radius 2 is 1.44 bits per heavy atom. The number of aryl methyl sites for hydroxylation is 1. The molecule has 0 saturated heterocycles. The number of carbonyl (C=O) groups is 1. The number of anilines is 1. The first-order valence-electron chi connectivity index (χ1n) is 12.8. The van der Waals surface area contributed by atoms with Crippen molar-refractivity contribution in [1.82, 2.24) is 14.8 Å². The smallest absolute Gasteiger partial charge is 0.336 e. The van der Waals surface area contributed by atoms with Gasteiger partial charge in [0.25, 0.3) is 0 Å². The van der Waals surface area contributed by atoms with Crippen LogP contribution in [-0.2, 0) is 9.53 Å². The molecular formula is C32H30N4O3. The number of nitrogens with one attached hydrogen (secondary N) is 1. The minimum absolute atomic E-state index is 0.102. The Kier molecular flexibility index (Phi) is 8.09. The van der Waals surface area contributed by atoms with Gasteiger partial charge in [-0.2, -0.15) is 4.98 Å². The second kappa shape index (κ2) is 12.2. The molecule has 0 spiro atoms.